The van der Waals surface area contributed by atoms with Crippen LogP contribution in [0.4, 0.5) is 0 Å². The van der Waals surface area contributed by atoms with Crippen molar-refractivity contribution in [1.82, 2.24) is 4.57 Å². The van der Waals surface area contributed by atoms with Crippen LogP contribution in [0.5, 0.6) is 23.0 Å². The summed E-state index contributed by atoms with van der Waals surface area (Å²) < 4.78 is 31.3. The molecule has 4 aromatic rings. The molecule has 0 saturated carbocycles. The number of hydrogen-bond donors (Lipinski definition) is 0. The van der Waals surface area contributed by atoms with Gasteiger partial charge in [-0.25, -0.2) is 9.79 Å². The molecule has 0 radical (unpaired) electrons. The second kappa shape index (κ2) is 14.1. The minimum atomic E-state index is -0.776. The van der Waals surface area contributed by atoms with E-state index in [-0.39, 0.29) is 11.1 Å². The molecule has 0 bridgehead atoms. The summed E-state index contributed by atoms with van der Waals surface area (Å²) in [6.07, 6.45) is 3.24. The Labute approximate surface area is 272 Å². The number of nitrogens with zero attached hydrogens (tertiary/aromatic N) is 2. The molecule has 0 amide bonds. The first-order valence-electron chi connectivity index (χ1n) is 13.9. The van der Waals surface area contributed by atoms with Gasteiger partial charge in [0.15, 0.2) is 27.8 Å². The van der Waals surface area contributed by atoms with Crippen LogP contribution in [0.2, 0.25) is 0 Å². The molecule has 1 aliphatic rings. The Balaban J connectivity index is 1.53. The van der Waals surface area contributed by atoms with Crippen molar-refractivity contribution >= 4 is 46.0 Å². The van der Waals surface area contributed by atoms with Crippen molar-refractivity contribution in [2.45, 2.75) is 26.5 Å². The summed E-state index contributed by atoms with van der Waals surface area (Å²) in [4.78, 5) is 31.7. The second-order valence-corrected chi connectivity index (χ2v) is 11.8. The quantitative estimate of drug-likeness (QED) is 0.159. The number of halogens is 1. The fraction of sp³-hybridized carbons (Fsp3) is 0.242. The van der Waals surface area contributed by atoms with Gasteiger partial charge in [0, 0.05) is 9.77 Å². The third-order valence-electron chi connectivity index (χ3n) is 6.80. The number of carbonyl (C=O) groups excluding carboxylic acids is 1. The SMILES string of the molecule is CCOc1ccc([C@@H]2C(C(=O)OC)=CN=c3s/c(=C\c4ccc(OCc5ccc(I)cc5)c(OC)c4)c(=O)n32)cc1OCC. The second-order valence-electron chi connectivity index (χ2n) is 9.57. The van der Waals surface area contributed by atoms with Gasteiger partial charge in [0.25, 0.3) is 5.56 Å². The molecule has 44 heavy (non-hydrogen) atoms. The molecule has 0 aliphatic carbocycles. The molecule has 2 heterocycles. The van der Waals surface area contributed by atoms with E-state index in [0.717, 1.165) is 14.7 Å². The van der Waals surface area contributed by atoms with Crippen LogP contribution in [0.25, 0.3) is 6.08 Å². The summed E-state index contributed by atoms with van der Waals surface area (Å²) in [5, 5.41) is 0. The monoisotopic (exact) mass is 726 g/mol. The van der Waals surface area contributed by atoms with E-state index in [1.54, 1.807) is 25.3 Å². The van der Waals surface area contributed by atoms with Crippen LogP contribution in [0, 0.1) is 3.57 Å². The maximum absolute atomic E-state index is 13.9. The summed E-state index contributed by atoms with van der Waals surface area (Å²) in [6, 6.07) is 18.2. The first kappa shape index (κ1) is 31.3. The van der Waals surface area contributed by atoms with Crippen molar-refractivity contribution in [1.29, 1.82) is 0 Å². The Kier molecular flexibility index (Phi) is 10.1. The molecule has 1 atom stereocenters. The maximum atomic E-state index is 13.9. The summed E-state index contributed by atoms with van der Waals surface area (Å²) in [5.41, 5.74) is 2.39. The highest BCUT2D eigenvalue weighted by molar-refractivity contribution is 14.1. The molecule has 5 rings (SSSR count). The number of methoxy groups -OCH3 is 2. The van der Waals surface area contributed by atoms with Crippen LogP contribution >= 0.6 is 33.9 Å². The van der Waals surface area contributed by atoms with Gasteiger partial charge in [0.05, 0.1) is 43.6 Å². The summed E-state index contributed by atoms with van der Waals surface area (Å²) in [7, 11) is 2.88. The molecule has 11 heteroatoms. The van der Waals surface area contributed by atoms with E-state index in [1.165, 1.54) is 29.2 Å². The lowest BCUT2D eigenvalue weighted by molar-refractivity contribution is -0.136. The van der Waals surface area contributed by atoms with Gasteiger partial charge in [0.1, 0.15) is 6.61 Å². The molecule has 3 aromatic carbocycles. The van der Waals surface area contributed by atoms with Crippen LogP contribution in [-0.2, 0) is 16.1 Å². The minimum absolute atomic E-state index is 0.231. The molecule has 228 valence electrons. The van der Waals surface area contributed by atoms with Gasteiger partial charge in [-0.2, -0.15) is 0 Å². The number of fused-ring (bicyclic) bond motifs is 1. The predicted octanol–water partition coefficient (Wildman–Crippen LogP) is 5.01. The normalized spacial score (nSPS) is 14.2. The number of thiazole rings is 1. The van der Waals surface area contributed by atoms with E-state index < -0.39 is 12.0 Å². The molecule has 0 saturated heterocycles. The molecule has 9 nitrogen and oxygen atoms in total. The largest absolute Gasteiger partial charge is 0.493 e. The van der Waals surface area contributed by atoms with Gasteiger partial charge < -0.3 is 23.7 Å². The number of hydrogen-bond acceptors (Lipinski definition) is 9. The lowest BCUT2D eigenvalue weighted by Gasteiger charge is -2.23. The Morgan fingerprint density at radius 2 is 1.64 bits per heavy atom. The molecule has 0 spiro atoms. The third kappa shape index (κ3) is 6.68. The molecular weight excluding hydrogens is 695 g/mol. The topological polar surface area (TPSA) is 97.6 Å². The van der Waals surface area contributed by atoms with E-state index in [1.807, 2.05) is 62.4 Å². The molecule has 1 aromatic heterocycles. The fourth-order valence-electron chi connectivity index (χ4n) is 4.77. The van der Waals surface area contributed by atoms with Crippen molar-refractivity contribution in [3.05, 3.63) is 112 Å². The zero-order valence-corrected chi connectivity index (χ0v) is 27.6. The third-order valence-corrected chi connectivity index (χ3v) is 8.52. The highest BCUT2D eigenvalue weighted by Gasteiger charge is 2.31. The van der Waals surface area contributed by atoms with Crippen LogP contribution in [-0.4, -0.2) is 38.0 Å². The number of aromatic nitrogens is 1. The number of esters is 1. The lowest BCUT2D eigenvalue weighted by Crippen LogP contribution is -2.39. The number of carbonyl (C=O) groups is 1. The van der Waals surface area contributed by atoms with Crippen LogP contribution in [0.15, 0.2) is 82.2 Å². The Morgan fingerprint density at radius 3 is 2.34 bits per heavy atom. The smallest absolute Gasteiger partial charge is 0.337 e. The zero-order chi connectivity index (χ0) is 31.2. The summed E-state index contributed by atoms with van der Waals surface area (Å²) in [6.45, 7) is 5.05. The highest BCUT2D eigenvalue weighted by Crippen LogP contribution is 2.35. The molecule has 0 N–H and O–H groups in total. The van der Waals surface area contributed by atoms with Gasteiger partial charge in [0.2, 0.25) is 0 Å². The first-order valence-corrected chi connectivity index (χ1v) is 15.8. The average molecular weight is 727 g/mol. The van der Waals surface area contributed by atoms with Gasteiger partial charge >= 0.3 is 5.97 Å². The summed E-state index contributed by atoms with van der Waals surface area (Å²) >= 11 is 3.50. The predicted molar refractivity (Wildman–Crippen MR) is 176 cm³/mol. The van der Waals surface area contributed by atoms with E-state index in [0.29, 0.717) is 57.7 Å². The minimum Gasteiger partial charge on any atom is -0.493 e. The van der Waals surface area contributed by atoms with Crippen molar-refractivity contribution in [3.8, 4) is 23.0 Å². The van der Waals surface area contributed by atoms with Gasteiger partial charge in [-0.3, -0.25) is 9.36 Å². The van der Waals surface area contributed by atoms with Crippen LogP contribution < -0.4 is 33.8 Å². The first-order chi connectivity index (χ1) is 21.4. The molecular formula is C33H31IN2O7S. The van der Waals surface area contributed by atoms with Crippen LogP contribution in [0.3, 0.4) is 0 Å². The van der Waals surface area contributed by atoms with E-state index >= 15 is 0 Å². The van der Waals surface area contributed by atoms with Crippen molar-refractivity contribution in [2.75, 3.05) is 27.4 Å². The standard InChI is InChI=1S/C33H31IN2O7S/c1-5-41-26-14-10-22(17-28(26)42-6-2)30-24(32(38)40-4)18-35-33-36(30)31(37)29(44-33)16-21-9-13-25(27(15-21)39-3)43-19-20-7-11-23(34)12-8-20/h7-18,30H,5-6,19H2,1-4H3/b29-16-/t30-/m1/s1. The highest BCUT2D eigenvalue weighted by atomic mass is 127. The lowest BCUT2D eigenvalue weighted by atomic mass is 9.97. The number of ether oxygens (including phenoxy) is 5. The van der Waals surface area contributed by atoms with Gasteiger partial charge in [-0.05, 0) is 95.6 Å². The number of rotatable bonds is 11. The van der Waals surface area contributed by atoms with Crippen molar-refractivity contribution < 1.29 is 28.5 Å². The van der Waals surface area contributed by atoms with E-state index in [9.17, 15) is 9.59 Å². The Morgan fingerprint density at radius 1 is 0.932 bits per heavy atom. The van der Waals surface area contributed by atoms with Crippen LogP contribution in [0.1, 0.15) is 36.6 Å². The molecule has 0 unspecified atom stereocenters. The van der Waals surface area contributed by atoms with Gasteiger partial charge in [-0.15, -0.1) is 0 Å². The summed E-state index contributed by atoms with van der Waals surface area (Å²) in [5.74, 6) is 1.65. The Bertz CT molecular complexity index is 1880. The van der Waals surface area contributed by atoms with E-state index in [4.69, 9.17) is 23.7 Å². The molecule has 1 aliphatic heterocycles. The average Bonchev–Trinajstić information content (AvgIpc) is 3.35. The van der Waals surface area contributed by atoms with E-state index in [2.05, 4.69) is 27.6 Å². The Hall–Kier alpha value is -4.10. The van der Waals surface area contributed by atoms with Crippen molar-refractivity contribution in [3.63, 3.8) is 0 Å². The zero-order valence-electron chi connectivity index (χ0n) is 24.7. The van der Waals surface area contributed by atoms with Gasteiger partial charge in [-0.1, -0.05) is 35.6 Å². The number of benzene rings is 3. The molecule has 0 fully saturated rings. The maximum Gasteiger partial charge on any atom is 0.337 e. The fourth-order valence-corrected chi connectivity index (χ4v) is 6.10. The van der Waals surface area contributed by atoms with Crippen molar-refractivity contribution in [2.24, 2.45) is 4.99 Å².